The summed E-state index contributed by atoms with van der Waals surface area (Å²) in [5.74, 6) is -1.73. The molecule has 2 amide bonds. The van der Waals surface area contributed by atoms with Crippen molar-refractivity contribution in [3.63, 3.8) is 0 Å². The summed E-state index contributed by atoms with van der Waals surface area (Å²) >= 11 is 0. The molecule has 4 rings (SSSR count). The zero-order chi connectivity index (χ0) is 24.4. The molecule has 2 aromatic carbocycles. The maximum atomic E-state index is 13.1. The van der Waals surface area contributed by atoms with E-state index in [1.54, 1.807) is 0 Å². The Balaban J connectivity index is 1.45. The molecule has 1 heterocycles. The number of amides is 2. The van der Waals surface area contributed by atoms with Crippen molar-refractivity contribution in [1.29, 1.82) is 0 Å². The van der Waals surface area contributed by atoms with Gasteiger partial charge in [-0.1, -0.05) is 62.4 Å². The highest BCUT2D eigenvalue weighted by Gasteiger charge is 2.41. The van der Waals surface area contributed by atoms with Crippen LogP contribution in [0.2, 0.25) is 0 Å². The largest absolute Gasteiger partial charge is 0.480 e. The number of alkyl carbamates (subject to hydrolysis) is 1. The van der Waals surface area contributed by atoms with Crippen LogP contribution in [0.5, 0.6) is 0 Å². The molecule has 180 valence electrons. The van der Waals surface area contributed by atoms with Gasteiger partial charge in [-0.3, -0.25) is 4.79 Å². The molecule has 1 aliphatic heterocycles. The van der Waals surface area contributed by atoms with Crippen LogP contribution in [0.3, 0.4) is 0 Å². The van der Waals surface area contributed by atoms with Crippen molar-refractivity contribution in [3.05, 3.63) is 59.7 Å². The first-order chi connectivity index (χ1) is 16.3. The molecule has 0 bridgehead atoms. The third kappa shape index (κ3) is 4.77. The van der Waals surface area contributed by atoms with Gasteiger partial charge in [0.25, 0.3) is 0 Å². The van der Waals surface area contributed by atoms with Crippen molar-refractivity contribution in [2.75, 3.05) is 13.2 Å². The molecule has 0 saturated carbocycles. The quantitative estimate of drug-likeness (QED) is 0.578. The van der Waals surface area contributed by atoms with E-state index in [1.807, 2.05) is 50.2 Å². The normalized spacial score (nSPS) is 20.1. The fraction of sp³-hybridized carbons (Fsp3) is 0.423. The number of benzene rings is 2. The Morgan fingerprint density at radius 3 is 2.21 bits per heavy atom. The smallest absolute Gasteiger partial charge is 0.407 e. The molecule has 1 aliphatic carbocycles. The molecule has 3 atom stereocenters. The van der Waals surface area contributed by atoms with Gasteiger partial charge in [-0.25, -0.2) is 9.59 Å². The molecule has 0 spiro atoms. The number of ether oxygens (including phenoxy) is 1. The number of carbonyl (C=O) groups excluding carboxylic acids is 2. The maximum Gasteiger partial charge on any atom is 0.407 e. The van der Waals surface area contributed by atoms with Crippen LogP contribution >= 0.6 is 0 Å². The highest BCUT2D eigenvalue weighted by atomic mass is 16.5. The number of fused-ring (bicyclic) bond motifs is 3. The highest BCUT2D eigenvalue weighted by molar-refractivity contribution is 5.90. The van der Waals surface area contributed by atoms with Crippen LogP contribution in [0, 0.1) is 5.92 Å². The van der Waals surface area contributed by atoms with E-state index in [-0.39, 0.29) is 31.4 Å². The van der Waals surface area contributed by atoms with Gasteiger partial charge in [0.2, 0.25) is 5.91 Å². The number of hydrogen-bond acceptors (Lipinski definition) is 5. The Hall–Kier alpha value is -3.39. The van der Waals surface area contributed by atoms with Crippen molar-refractivity contribution in [3.8, 4) is 11.1 Å². The van der Waals surface area contributed by atoms with Crippen molar-refractivity contribution in [2.45, 2.75) is 50.8 Å². The predicted octanol–water partition coefficient (Wildman–Crippen LogP) is 2.99. The first-order valence-electron chi connectivity index (χ1n) is 11.6. The minimum absolute atomic E-state index is 0.0274. The molecule has 34 heavy (non-hydrogen) atoms. The summed E-state index contributed by atoms with van der Waals surface area (Å²) in [7, 11) is 0. The molecule has 2 aromatic rings. The standard InChI is InChI=1S/C26H30N2O6/c1-15(2)11-22(24(30)28-13-16(29)12-23(28)25(31)32)27-26(33)34-14-21-19-9-5-3-7-17(19)18-8-4-6-10-20(18)21/h3-10,15-16,21-23,29H,11-14H2,1-2H3,(H,27,33)(H,31,32). The zero-order valence-electron chi connectivity index (χ0n) is 19.3. The van der Waals surface area contributed by atoms with E-state index < -0.39 is 36.2 Å². The van der Waals surface area contributed by atoms with Gasteiger partial charge < -0.3 is 25.2 Å². The number of carboxylic acids is 1. The van der Waals surface area contributed by atoms with Crippen LogP contribution in [0.25, 0.3) is 11.1 Å². The molecule has 0 radical (unpaired) electrons. The minimum atomic E-state index is -1.17. The highest BCUT2D eigenvalue weighted by Crippen LogP contribution is 2.44. The second-order valence-electron chi connectivity index (χ2n) is 9.39. The number of carboxylic acid groups (broad SMARTS) is 1. The lowest BCUT2D eigenvalue weighted by molar-refractivity contribution is -0.149. The van der Waals surface area contributed by atoms with Gasteiger partial charge in [0.1, 0.15) is 18.7 Å². The van der Waals surface area contributed by atoms with Crippen molar-refractivity contribution in [1.82, 2.24) is 10.2 Å². The topological polar surface area (TPSA) is 116 Å². The van der Waals surface area contributed by atoms with E-state index in [4.69, 9.17) is 4.74 Å². The lowest BCUT2D eigenvalue weighted by Crippen LogP contribution is -2.52. The van der Waals surface area contributed by atoms with Gasteiger partial charge in [-0.05, 0) is 34.6 Å². The number of rotatable bonds is 7. The van der Waals surface area contributed by atoms with E-state index in [0.717, 1.165) is 27.2 Å². The molecule has 1 fully saturated rings. The third-order valence-corrected chi connectivity index (χ3v) is 6.49. The van der Waals surface area contributed by atoms with E-state index >= 15 is 0 Å². The third-order valence-electron chi connectivity index (χ3n) is 6.49. The molecule has 3 N–H and O–H groups in total. The number of aliphatic hydroxyl groups is 1. The van der Waals surface area contributed by atoms with Gasteiger partial charge in [-0.2, -0.15) is 0 Å². The molecule has 8 heteroatoms. The fourth-order valence-electron chi connectivity index (χ4n) is 4.97. The van der Waals surface area contributed by atoms with Crippen LogP contribution in [0.4, 0.5) is 4.79 Å². The summed E-state index contributed by atoms with van der Waals surface area (Å²) in [6.45, 7) is 3.86. The van der Waals surface area contributed by atoms with Crippen LogP contribution < -0.4 is 5.32 Å². The first-order valence-corrected chi connectivity index (χ1v) is 11.6. The molecule has 2 aliphatic rings. The maximum absolute atomic E-state index is 13.1. The number of β-amino-alcohol motifs (C(OH)–C–C–N with tert-alkyl or cyclic N) is 1. The number of likely N-dealkylation sites (tertiary alicyclic amines) is 1. The summed E-state index contributed by atoms with van der Waals surface area (Å²) in [4.78, 5) is 38.6. The SMILES string of the molecule is CC(C)CC(NC(=O)OCC1c2ccccc2-c2ccccc21)C(=O)N1CC(O)CC1C(=O)O. The van der Waals surface area contributed by atoms with Crippen LogP contribution in [0.1, 0.15) is 43.7 Å². The number of hydrogen-bond donors (Lipinski definition) is 3. The molecule has 3 unspecified atom stereocenters. The fourth-order valence-corrected chi connectivity index (χ4v) is 4.97. The lowest BCUT2D eigenvalue weighted by atomic mass is 9.98. The van der Waals surface area contributed by atoms with Gasteiger partial charge >= 0.3 is 12.1 Å². The summed E-state index contributed by atoms with van der Waals surface area (Å²) in [6, 6.07) is 14.0. The second-order valence-corrected chi connectivity index (χ2v) is 9.39. The molecular formula is C26H30N2O6. The molecular weight excluding hydrogens is 436 g/mol. The van der Waals surface area contributed by atoms with Gasteiger partial charge in [0, 0.05) is 18.9 Å². The first kappa shape index (κ1) is 23.8. The molecule has 0 aromatic heterocycles. The van der Waals surface area contributed by atoms with Crippen molar-refractivity contribution in [2.24, 2.45) is 5.92 Å². The Morgan fingerprint density at radius 1 is 1.06 bits per heavy atom. The van der Waals surface area contributed by atoms with E-state index in [2.05, 4.69) is 17.4 Å². The zero-order valence-corrected chi connectivity index (χ0v) is 19.3. The van der Waals surface area contributed by atoms with Crippen molar-refractivity contribution >= 4 is 18.0 Å². The number of aliphatic carboxylic acids is 1. The van der Waals surface area contributed by atoms with Crippen LogP contribution in [-0.4, -0.2) is 64.4 Å². The van der Waals surface area contributed by atoms with E-state index in [9.17, 15) is 24.6 Å². The Kier molecular flexibility index (Phi) is 6.88. The molecule has 8 nitrogen and oxygen atoms in total. The summed E-state index contributed by atoms with van der Waals surface area (Å²) < 4.78 is 5.57. The van der Waals surface area contributed by atoms with Gasteiger partial charge in [0.05, 0.1) is 6.10 Å². The Labute approximate surface area is 198 Å². The number of carbonyl (C=O) groups is 3. The van der Waals surface area contributed by atoms with E-state index in [0.29, 0.717) is 6.42 Å². The number of aliphatic hydroxyl groups excluding tert-OH is 1. The number of nitrogens with one attached hydrogen (secondary N) is 1. The Bertz CT molecular complexity index is 1040. The van der Waals surface area contributed by atoms with E-state index in [1.165, 1.54) is 0 Å². The molecule has 1 saturated heterocycles. The van der Waals surface area contributed by atoms with Gasteiger partial charge in [-0.15, -0.1) is 0 Å². The van der Waals surface area contributed by atoms with Crippen LogP contribution in [0.15, 0.2) is 48.5 Å². The summed E-state index contributed by atoms with van der Waals surface area (Å²) in [6.07, 6.45) is -1.34. The summed E-state index contributed by atoms with van der Waals surface area (Å²) in [5, 5.41) is 22.0. The lowest BCUT2D eigenvalue weighted by Gasteiger charge is -2.28. The Morgan fingerprint density at radius 2 is 1.65 bits per heavy atom. The number of nitrogens with zero attached hydrogens (tertiary/aromatic N) is 1. The van der Waals surface area contributed by atoms with Crippen LogP contribution in [-0.2, 0) is 14.3 Å². The average molecular weight is 467 g/mol. The minimum Gasteiger partial charge on any atom is -0.480 e. The monoisotopic (exact) mass is 466 g/mol. The van der Waals surface area contributed by atoms with Gasteiger partial charge in [0.15, 0.2) is 0 Å². The summed E-state index contributed by atoms with van der Waals surface area (Å²) in [5.41, 5.74) is 4.41. The average Bonchev–Trinajstić information content (AvgIpc) is 3.35. The van der Waals surface area contributed by atoms with Crippen molar-refractivity contribution < 1.29 is 29.3 Å². The predicted molar refractivity (Wildman–Crippen MR) is 125 cm³/mol. The second kappa shape index (κ2) is 9.85.